The van der Waals surface area contributed by atoms with Crippen molar-refractivity contribution in [3.05, 3.63) is 36.5 Å². The van der Waals surface area contributed by atoms with E-state index in [9.17, 15) is 0 Å². The highest BCUT2D eigenvalue weighted by Gasteiger charge is 1.78. The fourth-order valence-corrected chi connectivity index (χ4v) is 1.00. The molecule has 0 fully saturated rings. The van der Waals surface area contributed by atoms with Gasteiger partial charge in [0.15, 0.2) is 0 Å². The largest absolute Gasteiger partial charge is 0.0882 e. The fourth-order valence-electron chi connectivity index (χ4n) is 1.00. The molecular formula is C12H14. The van der Waals surface area contributed by atoms with Gasteiger partial charge in [-0.25, -0.2) is 0 Å². The first-order valence-electron chi connectivity index (χ1n) is 4.46. The van der Waals surface area contributed by atoms with Crippen molar-refractivity contribution in [1.29, 1.82) is 0 Å². The van der Waals surface area contributed by atoms with Crippen LogP contribution in [0.15, 0.2) is 36.5 Å². The van der Waals surface area contributed by atoms with Crippen LogP contribution in [-0.4, -0.2) is 0 Å². The zero-order chi connectivity index (χ0) is 8.49. The molecule has 0 nitrogen and oxygen atoms in total. The fraction of sp³-hybridized carbons (Fsp3) is 0.333. The van der Waals surface area contributed by atoms with Gasteiger partial charge in [0.05, 0.1) is 0 Å². The Hall–Kier alpha value is -1.22. The van der Waals surface area contributed by atoms with Gasteiger partial charge in [-0.1, -0.05) is 36.1 Å². The molecule has 0 aromatic heterocycles. The van der Waals surface area contributed by atoms with Crippen molar-refractivity contribution in [3.63, 3.8) is 0 Å². The molecule has 0 aromatic carbocycles. The molecule has 12 heavy (non-hydrogen) atoms. The summed E-state index contributed by atoms with van der Waals surface area (Å²) in [5, 5.41) is 0. The molecule has 1 rings (SSSR count). The van der Waals surface area contributed by atoms with Crippen LogP contribution in [0, 0.1) is 11.8 Å². The van der Waals surface area contributed by atoms with Crippen molar-refractivity contribution in [2.45, 2.75) is 25.7 Å². The van der Waals surface area contributed by atoms with Crippen LogP contribution >= 0.6 is 0 Å². The Morgan fingerprint density at radius 1 is 0.583 bits per heavy atom. The van der Waals surface area contributed by atoms with E-state index in [-0.39, 0.29) is 0 Å². The van der Waals surface area contributed by atoms with Crippen molar-refractivity contribution in [3.8, 4) is 11.8 Å². The van der Waals surface area contributed by atoms with Gasteiger partial charge in [-0.3, -0.25) is 0 Å². The highest BCUT2D eigenvalue weighted by atomic mass is 13.8. The van der Waals surface area contributed by atoms with Gasteiger partial charge >= 0.3 is 0 Å². The molecule has 1 aliphatic rings. The molecule has 0 radical (unpaired) electrons. The third-order valence-corrected chi connectivity index (χ3v) is 1.65. The summed E-state index contributed by atoms with van der Waals surface area (Å²) in [6, 6.07) is 0. The minimum absolute atomic E-state index is 1.11. The summed E-state index contributed by atoms with van der Waals surface area (Å²) < 4.78 is 0. The molecule has 0 aliphatic heterocycles. The first-order chi connectivity index (χ1) is 6.00. The predicted octanol–water partition coefficient (Wildman–Crippen LogP) is 3.23. The van der Waals surface area contributed by atoms with Crippen LogP contribution in [0.25, 0.3) is 0 Å². The van der Waals surface area contributed by atoms with Gasteiger partial charge in [-0.05, 0) is 37.8 Å². The van der Waals surface area contributed by atoms with Crippen molar-refractivity contribution in [2.24, 2.45) is 0 Å². The number of rotatable bonds is 0. The molecule has 62 valence electrons. The third-order valence-electron chi connectivity index (χ3n) is 1.65. The Bertz CT molecular complexity index is 219. The first-order valence-corrected chi connectivity index (χ1v) is 4.46. The van der Waals surface area contributed by atoms with E-state index >= 15 is 0 Å². The maximum Gasteiger partial charge on any atom is -0.0155 e. The van der Waals surface area contributed by atoms with E-state index in [0.717, 1.165) is 25.7 Å². The van der Waals surface area contributed by atoms with Crippen LogP contribution in [0.1, 0.15) is 25.7 Å². The molecule has 0 atom stereocenters. The van der Waals surface area contributed by atoms with E-state index in [2.05, 4.69) is 36.1 Å². The van der Waals surface area contributed by atoms with E-state index in [1.165, 1.54) is 0 Å². The van der Waals surface area contributed by atoms with E-state index in [4.69, 9.17) is 0 Å². The van der Waals surface area contributed by atoms with Crippen molar-refractivity contribution in [1.82, 2.24) is 0 Å². The Morgan fingerprint density at radius 2 is 1.00 bits per heavy atom. The number of hydrogen-bond donors (Lipinski definition) is 0. The Morgan fingerprint density at radius 3 is 1.50 bits per heavy atom. The smallest absolute Gasteiger partial charge is 0.0155 e. The normalized spacial score (nSPS) is 25.3. The summed E-state index contributed by atoms with van der Waals surface area (Å²) in [7, 11) is 0. The SMILES string of the molecule is C1#C/C=C\CC/C=C/CC/C=C\1. The zero-order valence-electron chi connectivity index (χ0n) is 7.29. The van der Waals surface area contributed by atoms with E-state index < -0.39 is 0 Å². The van der Waals surface area contributed by atoms with Gasteiger partial charge in [-0.2, -0.15) is 0 Å². The van der Waals surface area contributed by atoms with Gasteiger partial charge in [0.1, 0.15) is 0 Å². The monoisotopic (exact) mass is 158 g/mol. The molecule has 0 bridgehead atoms. The molecule has 0 spiro atoms. The summed E-state index contributed by atoms with van der Waals surface area (Å²) in [6.45, 7) is 0. The summed E-state index contributed by atoms with van der Waals surface area (Å²) in [5.41, 5.74) is 0. The van der Waals surface area contributed by atoms with Crippen molar-refractivity contribution >= 4 is 0 Å². The van der Waals surface area contributed by atoms with Gasteiger partial charge in [0.25, 0.3) is 0 Å². The second kappa shape index (κ2) is 6.49. The lowest BCUT2D eigenvalue weighted by Gasteiger charge is -1.87. The average Bonchev–Trinajstić information content (AvgIpc) is 2.05. The van der Waals surface area contributed by atoms with E-state index in [0.29, 0.717) is 0 Å². The van der Waals surface area contributed by atoms with Crippen molar-refractivity contribution in [2.75, 3.05) is 0 Å². The van der Waals surface area contributed by atoms with E-state index in [1.807, 2.05) is 12.2 Å². The summed E-state index contributed by atoms with van der Waals surface area (Å²) in [4.78, 5) is 0. The standard InChI is InChI=1S/C12H14/c1-2-4-6-8-10-12-11-9-7-5-3-1/h1-2,7-10H,3-6H2/b2-1+,9-7-,10-8-. The van der Waals surface area contributed by atoms with Gasteiger partial charge in [0.2, 0.25) is 0 Å². The maximum atomic E-state index is 2.96. The lowest BCUT2D eigenvalue weighted by Crippen LogP contribution is -1.68. The lowest BCUT2D eigenvalue weighted by atomic mass is 10.2. The highest BCUT2D eigenvalue weighted by Crippen LogP contribution is 1.98. The van der Waals surface area contributed by atoms with Crippen LogP contribution in [0.5, 0.6) is 0 Å². The quantitative estimate of drug-likeness (QED) is 0.375. The molecule has 0 amide bonds. The number of allylic oxidation sites excluding steroid dienone is 6. The minimum atomic E-state index is 1.11. The maximum absolute atomic E-state index is 2.96. The molecular weight excluding hydrogens is 144 g/mol. The molecule has 0 N–H and O–H groups in total. The Kier molecular flexibility index (Phi) is 4.80. The first kappa shape index (κ1) is 8.87. The third kappa shape index (κ3) is 4.57. The summed E-state index contributed by atoms with van der Waals surface area (Å²) >= 11 is 0. The lowest BCUT2D eigenvalue weighted by molar-refractivity contribution is 1.00. The molecule has 1 aliphatic carbocycles. The van der Waals surface area contributed by atoms with Crippen LogP contribution in [-0.2, 0) is 0 Å². The highest BCUT2D eigenvalue weighted by molar-refractivity contribution is 5.23. The molecule has 0 aromatic rings. The minimum Gasteiger partial charge on any atom is -0.0882 e. The second-order valence-electron chi connectivity index (χ2n) is 2.72. The summed E-state index contributed by atoms with van der Waals surface area (Å²) in [6.07, 6.45) is 17.1. The van der Waals surface area contributed by atoms with Gasteiger partial charge in [0, 0.05) is 0 Å². The predicted molar refractivity (Wildman–Crippen MR) is 53.7 cm³/mol. The molecule has 0 saturated heterocycles. The van der Waals surface area contributed by atoms with Crippen molar-refractivity contribution < 1.29 is 0 Å². The second-order valence-corrected chi connectivity index (χ2v) is 2.72. The Balaban J connectivity index is 2.47. The van der Waals surface area contributed by atoms with Crippen LogP contribution in [0.2, 0.25) is 0 Å². The molecule has 0 unspecified atom stereocenters. The van der Waals surface area contributed by atoms with Crippen LogP contribution < -0.4 is 0 Å². The summed E-state index contributed by atoms with van der Waals surface area (Å²) in [5.74, 6) is 5.92. The average molecular weight is 158 g/mol. The number of hydrogen-bond acceptors (Lipinski definition) is 0. The molecule has 0 saturated carbocycles. The zero-order valence-corrected chi connectivity index (χ0v) is 7.29. The topological polar surface area (TPSA) is 0 Å². The molecule has 0 heteroatoms. The Labute approximate surface area is 74.7 Å². The van der Waals surface area contributed by atoms with Crippen LogP contribution in [0.3, 0.4) is 0 Å². The van der Waals surface area contributed by atoms with Gasteiger partial charge < -0.3 is 0 Å². The van der Waals surface area contributed by atoms with Crippen LogP contribution in [0.4, 0.5) is 0 Å². The van der Waals surface area contributed by atoms with E-state index in [1.54, 1.807) is 0 Å². The van der Waals surface area contributed by atoms with Gasteiger partial charge in [-0.15, -0.1) is 0 Å². The molecule has 0 heterocycles.